The van der Waals surface area contributed by atoms with E-state index in [0.29, 0.717) is 22.5 Å². The van der Waals surface area contributed by atoms with Crippen LogP contribution in [-0.2, 0) is 0 Å². The van der Waals surface area contributed by atoms with Crippen LogP contribution in [-0.4, -0.2) is 25.7 Å². The Balaban J connectivity index is 1.81. The SMILES string of the molecule is Cc1ccc(O)c(C)c1-n1ncc(C(=O)c2cc3cccc(Br)c3[nH]2)c1N. The predicted molar refractivity (Wildman–Crippen MR) is 109 cm³/mol. The fraction of sp³-hybridized carbons (Fsp3) is 0.100. The minimum atomic E-state index is -0.239. The van der Waals surface area contributed by atoms with E-state index < -0.39 is 0 Å². The summed E-state index contributed by atoms with van der Waals surface area (Å²) in [6.45, 7) is 3.69. The largest absolute Gasteiger partial charge is 0.508 e. The number of aryl methyl sites for hydroxylation is 1. The van der Waals surface area contributed by atoms with Crippen molar-refractivity contribution in [3.63, 3.8) is 0 Å². The van der Waals surface area contributed by atoms with Crippen LogP contribution in [0.5, 0.6) is 5.75 Å². The van der Waals surface area contributed by atoms with Gasteiger partial charge in [0.15, 0.2) is 0 Å². The van der Waals surface area contributed by atoms with Crippen molar-refractivity contribution in [1.29, 1.82) is 0 Å². The number of nitrogen functional groups attached to an aromatic ring is 1. The van der Waals surface area contributed by atoms with Crippen molar-refractivity contribution in [3.8, 4) is 11.4 Å². The molecule has 2 aromatic carbocycles. The highest BCUT2D eigenvalue weighted by Crippen LogP contribution is 2.30. The number of H-pyrrole nitrogens is 1. The maximum Gasteiger partial charge on any atom is 0.214 e. The number of anilines is 1. The van der Waals surface area contributed by atoms with E-state index >= 15 is 0 Å². The quantitative estimate of drug-likeness (QED) is 0.428. The Kier molecular flexibility index (Phi) is 4.04. The molecule has 0 radical (unpaired) electrons. The lowest BCUT2D eigenvalue weighted by Gasteiger charge is -2.13. The van der Waals surface area contributed by atoms with Crippen LogP contribution in [0.15, 0.2) is 47.1 Å². The Morgan fingerprint density at radius 3 is 2.78 bits per heavy atom. The second-order valence-electron chi connectivity index (χ2n) is 6.45. The summed E-state index contributed by atoms with van der Waals surface area (Å²) in [7, 11) is 0. The van der Waals surface area contributed by atoms with E-state index in [4.69, 9.17) is 5.73 Å². The van der Waals surface area contributed by atoms with Crippen LogP contribution in [0.2, 0.25) is 0 Å². The topological polar surface area (TPSA) is 96.9 Å². The van der Waals surface area contributed by atoms with Gasteiger partial charge in [-0.1, -0.05) is 18.2 Å². The fourth-order valence-electron chi connectivity index (χ4n) is 3.25. The van der Waals surface area contributed by atoms with Gasteiger partial charge in [-0.25, -0.2) is 4.68 Å². The first-order valence-electron chi connectivity index (χ1n) is 8.33. The lowest BCUT2D eigenvalue weighted by Crippen LogP contribution is -2.09. The number of fused-ring (bicyclic) bond motifs is 1. The summed E-state index contributed by atoms with van der Waals surface area (Å²) in [6, 6.07) is 11.0. The first kappa shape index (κ1) is 17.4. The van der Waals surface area contributed by atoms with Gasteiger partial charge in [0.1, 0.15) is 11.6 Å². The smallest absolute Gasteiger partial charge is 0.214 e. The van der Waals surface area contributed by atoms with Crippen molar-refractivity contribution < 1.29 is 9.90 Å². The van der Waals surface area contributed by atoms with Crippen molar-refractivity contribution in [3.05, 3.63) is 69.5 Å². The molecule has 0 atom stereocenters. The number of nitrogens with two attached hydrogens (primary N) is 1. The number of aromatic nitrogens is 3. The van der Waals surface area contributed by atoms with Crippen LogP contribution in [0, 0.1) is 13.8 Å². The Morgan fingerprint density at radius 2 is 2.04 bits per heavy atom. The van der Waals surface area contributed by atoms with E-state index in [2.05, 4.69) is 26.0 Å². The number of para-hydroxylation sites is 1. The fourth-order valence-corrected chi connectivity index (χ4v) is 3.73. The van der Waals surface area contributed by atoms with Crippen LogP contribution in [0.3, 0.4) is 0 Å². The summed E-state index contributed by atoms with van der Waals surface area (Å²) < 4.78 is 2.38. The number of carbonyl (C=O) groups is 1. The molecule has 6 nitrogen and oxygen atoms in total. The van der Waals surface area contributed by atoms with Gasteiger partial charge in [-0.15, -0.1) is 0 Å². The molecule has 0 unspecified atom stereocenters. The van der Waals surface area contributed by atoms with Gasteiger partial charge in [0.25, 0.3) is 0 Å². The van der Waals surface area contributed by atoms with Crippen molar-refractivity contribution in [2.45, 2.75) is 13.8 Å². The molecule has 0 aliphatic rings. The average molecular weight is 425 g/mol. The third-order valence-electron chi connectivity index (χ3n) is 4.72. The summed E-state index contributed by atoms with van der Waals surface area (Å²) in [5.41, 5.74) is 10.1. The molecule has 2 aromatic heterocycles. The van der Waals surface area contributed by atoms with Crippen LogP contribution < -0.4 is 5.73 Å². The van der Waals surface area contributed by atoms with Gasteiger partial charge in [0, 0.05) is 15.4 Å². The zero-order valence-electron chi connectivity index (χ0n) is 14.7. The molecule has 4 aromatic rings. The summed E-state index contributed by atoms with van der Waals surface area (Å²) >= 11 is 3.48. The number of halogens is 1. The number of ketones is 1. The predicted octanol–water partition coefficient (Wildman–Crippen LogP) is 4.25. The third kappa shape index (κ3) is 2.71. The number of nitrogens with zero attached hydrogens (tertiary/aromatic N) is 2. The lowest BCUT2D eigenvalue weighted by atomic mass is 10.1. The molecule has 7 heteroatoms. The van der Waals surface area contributed by atoms with Crippen LogP contribution in [0.25, 0.3) is 16.6 Å². The second-order valence-corrected chi connectivity index (χ2v) is 7.30. The molecule has 2 heterocycles. The van der Waals surface area contributed by atoms with E-state index in [1.807, 2.05) is 25.1 Å². The third-order valence-corrected chi connectivity index (χ3v) is 5.38. The Hall–Kier alpha value is -3.06. The normalized spacial score (nSPS) is 11.2. The summed E-state index contributed by atoms with van der Waals surface area (Å²) in [5, 5.41) is 15.3. The second kappa shape index (κ2) is 6.28. The van der Waals surface area contributed by atoms with Crippen molar-refractivity contribution in [1.82, 2.24) is 14.8 Å². The Bertz CT molecular complexity index is 1210. The molecule has 0 spiro atoms. The van der Waals surface area contributed by atoms with Gasteiger partial charge in [-0.05, 0) is 53.5 Å². The molecular weight excluding hydrogens is 408 g/mol. The molecule has 0 bridgehead atoms. The van der Waals surface area contributed by atoms with E-state index in [1.165, 1.54) is 10.9 Å². The lowest BCUT2D eigenvalue weighted by molar-refractivity contribution is 0.103. The Labute approximate surface area is 163 Å². The van der Waals surface area contributed by atoms with Gasteiger partial charge in [0.05, 0.1) is 28.7 Å². The minimum absolute atomic E-state index is 0.152. The molecule has 4 rings (SSSR count). The number of aromatic hydroxyl groups is 1. The van der Waals surface area contributed by atoms with Gasteiger partial charge < -0.3 is 15.8 Å². The molecule has 0 fully saturated rings. The first-order chi connectivity index (χ1) is 12.9. The highest BCUT2D eigenvalue weighted by Gasteiger charge is 2.21. The number of hydrogen-bond acceptors (Lipinski definition) is 4. The number of benzene rings is 2. The van der Waals surface area contributed by atoms with Crippen LogP contribution >= 0.6 is 15.9 Å². The molecule has 0 saturated carbocycles. The van der Waals surface area contributed by atoms with Crippen molar-refractivity contribution >= 4 is 38.4 Å². The summed E-state index contributed by atoms with van der Waals surface area (Å²) in [6.07, 6.45) is 1.46. The number of phenols is 1. The molecule has 0 aliphatic carbocycles. The van der Waals surface area contributed by atoms with Crippen LogP contribution in [0.1, 0.15) is 27.2 Å². The highest BCUT2D eigenvalue weighted by molar-refractivity contribution is 9.10. The molecular formula is C20H17BrN4O2. The van der Waals surface area contributed by atoms with Gasteiger partial charge in [-0.3, -0.25) is 4.79 Å². The molecule has 136 valence electrons. The number of carbonyl (C=O) groups excluding carboxylic acids is 1. The number of phenolic OH excluding ortho intramolecular Hbond substituents is 1. The van der Waals surface area contributed by atoms with E-state index in [0.717, 1.165) is 20.9 Å². The van der Waals surface area contributed by atoms with Crippen molar-refractivity contribution in [2.75, 3.05) is 5.73 Å². The van der Waals surface area contributed by atoms with E-state index in [1.54, 1.807) is 25.1 Å². The standard InChI is InChI=1S/C20H17BrN4O2/c1-10-6-7-16(26)11(2)18(10)25-20(22)13(9-23-25)19(27)15-8-12-4-3-5-14(21)17(12)24-15/h3-9,24,26H,22H2,1-2H3. The molecule has 4 N–H and O–H groups in total. The maximum absolute atomic E-state index is 13.0. The molecule has 0 aliphatic heterocycles. The van der Waals surface area contributed by atoms with E-state index in [-0.39, 0.29) is 17.4 Å². The zero-order valence-corrected chi connectivity index (χ0v) is 16.3. The number of nitrogens with one attached hydrogen (secondary N) is 1. The minimum Gasteiger partial charge on any atom is -0.508 e. The zero-order chi connectivity index (χ0) is 19.3. The highest BCUT2D eigenvalue weighted by atomic mass is 79.9. The summed E-state index contributed by atoms with van der Waals surface area (Å²) in [5.74, 6) is 0.144. The average Bonchev–Trinajstić information content (AvgIpc) is 3.24. The number of rotatable bonds is 3. The van der Waals surface area contributed by atoms with Crippen molar-refractivity contribution in [2.24, 2.45) is 0 Å². The number of aromatic amines is 1. The van der Waals surface area contributed by atoms with Gasteiger partial charge in [-0.2, -0.15) is 5.10 Å². The number of hydrogen-bond donors (Lipinski definition) is 3. The van der Waals surface area contributed by atoms with E-state index in [9.17, 15) is 9.90 Å². The molecule has 0 amide bonds. The van der Waals surface area contributed by atoms with Crippen LogP contribution in [0.4, 0.5) is 5.82 Å². The maximum atomic E-state index is 13.0. The molecule has 27 heavy (non-hydrogen) atoms. The summed E-state index contributed by atoms with van der Waals surface area (Å²) in [4.78, 5) is 16.1. The monoisotopic (exact) mass is 424 g/mol. The van der Waals surface area contributed by atoms with Gasteiger partial charge in [0.2, 0.25) is 5.78 Å². The van der Waals surface area contributed by atoms with Gasteiger partial charge >= 0.3 is 0 Å². The first-order valence-corrected chi connectivity index (χ1v) is 9.12. The molecule has 0 saturated heterocycles. The Morgan fingerprint density at radius 1 is 1.26 bits per heavy atom.